The molecule has 1 aliphatic carbocycles. The highest BCUT2D eigenvalue weighted by Gasteiger charge is 2.35. The molecule has 3 N–H and O–H groups in total. The summed E-state index contributed by atoms with van der Waals surface area (Å²) in [7, 11) is -1.22. The molecule has 46 valence electrons. The first kappa shape index (κ1) is 6.07. The van der Waals surface area contributed by atoms with Gasteiger partial charge in [-0.2, -0.15) is 0 Å². The maximum atomic E-state index is 8.64. The van der Waals surface area contributed by atoms with Gasteiger partial charge in [0.15, 0.2) is 0 Å². The summed E-state index contributed by atoms with van der Waals surface area (Å²) in [5, 5.41) is 25.5. The van der Waals surface area contributed by atoms with Gasteiger partial charge in [0, 0.05) is 0 Å². The van der Waals surface area contributed by atoms with Crippen LogP contribution >= 0.6 is 0 Å². The molecule has 0 aromatic carbocycles. The van der Waals surface area contributed by atoms with Gasteiger partial charge < -0.3 is 15.2 Å². The van der Waals surface area contributed by atoms with Gasteiger partial charge in [0.1, 0.15) is 0 Å². The molecule has 1 aliphatic rings. The molecule has 0 atom stereocenters. The molecule has 0 radical (unpaired) electrons. The summed E-state index contributed by atoms with van der Waals surface area (Å²) < 4.78 is 0. The molecule has 0 aromatic rings. The Labute approximate surface area is 48.1 Å². The van der Waals surface area contributed by atoms with E-state index in [2.05, 4.69) is 0 Å². The second-order valence-electron chi connectivity index (χ2n) is 2.30. The van der Waals surface area contributed by atoms with E-state index in [0.29, 0.717) is 12.8 Å². The molecule has 0 saturated heterocycles. The minimum absolute atomic E-state index is 0.0787. The number of rotatable bonds is 1. The van der Waals surface area contributed by atoms with E-state index in [1.165, 1.54) is 0 Å². The van der Waals surface area contributed by atoms with Crippen molar-refractivity contribution in [3.63, 3.8) is 0 Å². The third-order valence-electron chi connectivity index (χ3n) is 1.57. The van der Waals surface area contributed by atoms with Gasteiger partial charge in [-0.15, -0.1) is 0 Å². The Morgan fingerprint density at radius 3 is 1.88 bits per heavy atom. The first-order chi connectivity index (χ1) is 3.70. The van der Waals surface area contributed by atoms with Gasteiger partial charge in [-0.3, -0.25) is 0 Å². The van der Waals surface area contributed by atoms with Gasteiger partial charge in [0.05, 0.1) is 6.10 Å². The van der Waals surface area contributed by atoms with Gasteiger partial charge in [0.25, 0.3) is 0 Å². The Bertz CT molecular complexity index is 79.4. The van der Waals surface area contributed by atoms with E-state index in [9.17, 15) is 0 Å². The van der Waals surface area contributed by atoms with Crippen LogP contribution in [-0.4, -0.2) is 28.4 Å². The van der Waals surface area contributed by atoms with Crippen molar-refractivity contribution < 1.29 is 15.2 Å². The van der Waals surface area contributed by atoms with Crippen molar-refractivity contribution >= 4 is 7.12 Å². The monoisotopic (exact) mass is 116 g/mol. The number of hydrogen-bond donors (Lipinski definition) is 3. The summed E-state index contributed by atoms with van der Waals surface area (Å²) >= 11 is 0. The summed E-state index contributed by atoms with van der Waals surface area (Å²) in [6.07, 6.45) is 0.789. The molecule has 0 spiro atoms. The Morgan fingerprint density at radius 2 is 1.75 bits per heavy atom. The van der Waals surface area contributed by atoms with Crippen molar-refractivity contribution in [2.45, 2.75) is 24.8 Å². The van der Waals surface area contributed by atoms with Crippen LogP contribution in [0.4, 0.5) is 0 Å². The first-order valence-electron chi connectivity index (χ1n) is 2.74. The van der Waals surface area contributed by atoms with E-state index in [-0.39, 0.29) is 11.9 Å². The van der Waals surface area contributed by atoms with E-state index < -0.39 is 7.12 Å². The summed E-state index contributed by atoms with van der Waals surface area (Å²) in [6, 6.07) is 0. The quantitative estimate of drug-likeness (QED) is 0.384. The molecule has 0 aliphatic heterocycles. The predicted molar refractivity (Wildman–Crippen MR) is 29.2 cm³/mol. The lowest BCUT2D eigenvalue weighted by Crippen LogP contribution is -2.35. The van der Waals surface area contributed by atoms with E-state index in [4.69, 9.17) is 15.2 Å². The molecule has 1 rings (SSSR count). The number of hydrogen-bond acceptors (Lipinski definition) is 3. The van der Waals surface area contributed by atoms with Gasteiger partial charge in [-0.05, 0) is 18.7 Å². The lowest BCUT2D eigenvalue weighted by atomic mass is 9.60. The van der Waals surface area contributed by atoms with E-state index in [1.807, 2.05) is 0 Å². The summed E-state index contributed by atoms with van der Waals surface area (Å²) in [4.78, 5) is 0. The zero-order valence-corrected chi connectivity index (χ0v) is 4.49. The lowest BCUT2D eigenvalue weighted by molar-refractivity contribution is 0.0838. The lowest BCUT2D eigenvalue weighted by Gasteiger charge is -2.30. The van der Waals surface area contributed by atoms with Crippen LogP contribution in [-0.2, 0) is 0 Å². The standard InChI is InChI=1S/C4H9BO3/c6-4-1-3(2-4)5(7)8/h3-4,6-8H,1-2H2. The van der Waals surface area contributed by atoms with Gasteiger partial charge in [-0.1, -0.05) is 0 Å². The molecule has 4 heteroatoms. The Kier molecular flexibility index (Phi) is 1.55. The minimum Gasteiger partial charge on any atom is -0.427 e. The largest absolute Gasteiger partial charge is 0.454 e. The van der Waals surface area contributed by atoms with E-state index in [0.717, 1.165) is 0 Å². The van der Waals surface area contributed by atoms with Crippen LogP contribution in [0.25, 0.3) is 0 Å². The maximum Gasteiger partial charge on any atom is 0.454 e. The number of aliphatic hydroxyl groups excluding tert-OH is 1. The maximum absolute atomic E-state index is 8.64. The molecule has 0 bridgehead atoms. The smallest absolute Gasteiger partial charge is 0.427 e. The summed E-state index contributed by atoms with van der Waals surface area (Å²) in [6.45, 7) is 0. The van der Waals surface area contributed by atoms with E-state index >= 15 is 0 Å². The van der Waals surface area contributed by atoms with Crippen molar-refractivity contribution in [2.24, 2.45) is 0 Å². The Hall–Kier alpha value is -0.0551. The molecule has 1 saturated carbocycles. The summed E-state index contributed by atoms with van der Waals surface area (Å²) in [5.41, 5.74) is 0. The molecule has 0 amide bonds. The van der Waals surface area contributed by atoms with E-state index in [1.54, 1.807) is 0 Å². The Morgan fingerprint density at radius 1 is 1.25 bits per heavy atom. The van der Waals surface area contributed by atoms with Crippen molar-refractivity contribution in [3.05, 3.63) is 0 Å². The molecular formula is C4H9BO3. The third kappa shape index (κ3) is 1.02. The number of aliphatic hydroxyl groups is 1. The molecule has 0 aromatic heterocycles. The zero-order chi connectivity index (χ0) is 6.15. The normalized spacial score (nSPS) is 36.4. The predicted octanol–water partition coefficient (Wildman–Crippen LogP) is -1.02. The van der Waals surface area contributed by atoms with Crippen molar-refractivity contribution in [1.29, 1.82) is 0 Å². The van der Waals surface area contributed by atoms with Crippen molar-refractivity contribution in [2.75, 3.05) is 0 Å². The van der Waals surface area contributed by atoms with Crippen molar-refractivity contribution in [1.82, 2.24) is 0 Å². The molecule has 0 unspecified atom stereocenters. The second-order valence-corrected chi connectivity index (χ2v) is 2.30. The fourth-order valence-corrected chi connectivity index (χ4v) is 0.873. The highest BCUT2D eigenvalue weighted by atomic mass is 16.4. The fourth-order valence-electron chi connectivity index (χ4n) is 0.873. The topological polar surface area (TPSA) is 60.7 Å². The molecule has 8 heavy (non-hydrogen) atoms. The second kappa shape index (κ2) is 2.05. The fraction of sp³-hybridized carbons (Fsp3) is 1.00. The average molecular weight is 116 g/mol. The van der Waals surface area contributed by atoms with Gasteiger partial charge in [-0.25, -0.2) is 0 Å². The molecular weight excluding hydrogens is 107 g/mol. The highest BCUT2D eigenvalue weighted by Crippen LogP contribution is 2.33. The van der Waals surface area contributed by atoms with Crippen LogP contribution in [0.3, 0.4) is 0 Å². The molecule has 1 fully saturated rings. The van der Waals surface area contributed by atoms with Gasteiger partial charge >= 0.3 is 7.12 Å². The van der Waals surface area contributed by atoms with Crippen LogP contribution in [0, 0.1) is 0 Å². The highest BCUT2D eigenvalue weighted by molar-refractivity contribution is 6.43. The van der Waals surface area contributed by atoms with Crippen molar-refractivity contribution in [3.8, 4) is 0 Å². The average Bonchev–Trinajstić information content (AvgIpc) is 1.57. The van der Waals surface area contributed by atoms with Crippen LogP contribution in [0.5, 0.6) is 0 Å². The first-order valence-corrected chi connectivity index (χ1v) is 2.74. The third-order valence-corrected chi connectivity index (χ3v) is 1.57. The van der Waals surface area contributed by atoms with Crippen LogP contribution in [0.1, 0.15) is 12.8 Å². The van der Waals surface area contributed by atoms with Gasteiger partial charge in [0.2, 0.25) is 0 Å². The van der Waals surface area contributed by atoms with Crippen LogP contribution < -0.4 is 0 Å². The van der Waals surface area contributed by atoms with Crippen LogP contribution in [0.15, 0.2) is 0 Å². The van der Waals surface area contributed by atoms with Crippen LogP contribution in [0.2, 0.25) is 5.82 Å². The summed E-state index contributed by atoms with van der Waals surface area (Å²) in [5.74, 6) is -0.0787. The molecule has 3 nitrogen and oxygen atoms in total. The Balaban J connectivity index is 2.15. The molecule has 0 heterocycles. The zero-order valence-electron chi connectivity index (χ0n) is 4.49. The SMILES string of the molecule is OB(O)C1CC(O)C1. The minimum atomic E-state index is -1.22.